The summed E-state index contributed by atoms with van der Waals surface area (Å²) < 4.78 is 24.2. The Balaban J connectivity index is 1.50. The summed E-state index contributed by atoms with van der Waals surface area (Å²) in [7, 11) is -3.06. The van der Waals surface area contributed by atoms with Crippen LogP contribution in [0.3, 0.4) is 0 Å². The van der Waals surface area contributed by atoms with Crippen molar-refractivity contribution in [3.63, 3.8) is 0 Å². The summed E-state index contributed by atoms with van der Waals surface area (Å²) >= 11 is 0. The van der Waals surface area contributed by atoms with Gasteiger partial charge in [-0.1, -0.05) is 6.07 Å². The number of anilines is 1. The number of rotatable bonds is 3. The Bertz CT molecular complexity index is 741. The van der Waals surface area contributed by atoms with Crippen LogP contribution in [0, 0.1) is 5.92 Å². The van der Waals surface area contributed by atoms with Crippen molar-refractivity contribution in [3.05, 3.63) is 23.9 Å². The van der Waals surface area contributed by atoms with Gasteiger partial charge in [0.15, 0.2) is 9.84 Å². The molecule has 1 saturated heterocycles. The van der Waals surface area contributed by atoms with E-state index in [1.807, 2.05) is 12.1 Å². The maximum absolute atomic E-state index is 12.8. The molecule has 24 heavy (non-hydrogen) atoms. The predicted molar refractivity (Wildman–Crippen MR) is 91.7 cm³/mol. The van der Waals surface area contributed by atoms with Crippen LogP contribution in [-0.4, -0.2) is 48.4 Å². The molecule has 1 N–H and O–H groups in total. The zero-order valence-corrected chi connectivity index (χ0v) is 14.5. The van der Waals surface area contributed by atoms with E-state index >= 15 is 0 Å². The molecule has 4 rings (SSSR count). The summed E-state index contributed by atoms with van der Waals surface area (Å²) in [4.78, 5) is 19.0. The van der Waals surface area contributed by atoms with Gasteiger partial charge < -0.3 is 4.90 Å². The molecule has 2 heterocycles. The predicted octanol–water partition coefficient (Wildman–Crippen LogP) is 2.39. The van der Waals surface area contributed by atoms with Crippen molar-refractivity contribution in [1.82, 2.24) is 9.88 Å². The maximum Gasteiger partial charge on any atom is 0.323 e. The van der Waals surface area contributed by atoms with Gasteiger partial charge in [0.1, 0.15) is 5.82 Å². The van der Waals surface area contributed by atoms with E-state index in [-0.39, 0.29) is 23.6 Å². The molecule has 0 aromatic carbocycles. The van der Waals surface area contributed by atoms with Gasteiger partial charge in [-0.3, -0.25) is 5.32 Å². The van der Waals surface area contributed by atoms with Gasteiger partial charge in [0.05, 0.1) is 17.5 Å². The molecule has 0 spiro atoms. The van der Waals surface area contributed by atoms with Crippen molar-refractivity contribution < 1.29 is 13.2 Å². The third-order valence-corrected chi connectivity index (χ3v) is 6.87. The van der Waals surface area contributed by atoms with E-state index in [9.17, 15) is 13.2 Å². The standard InChI is InChI=1S/C17H23N3O3S/c21-17(19-16-4-1-3-14(18-16)12-5-6-12)20-9-2-10-24(22,23)11-15(20)13-7-8-13/h1,3-4,12-13,15H,2,5-11H2,(H,18,19,21). The number of carbonyl (C=O) groups is 1. The van der Waals surface area contributed by atoms with E-state index in [1.54, 1.807) is 11.0 Å². The average molecular weight is 349 g/mol. The Hall–Kier alpha value is -1.63. The highest BCUT2D eigenvalue weighted by atomic mass is 32.2. The largest absolute Gasteiger partial charge is 0.323 e. The average Bonchev–Trinajstić information content (AvgIpc) is 3.39. The second-order valence-corrected chi connectivity index (χ2v) is 9.45. The number of sulfone groups is 1. The highest BCUT2D eigenvalue weighted by Crippen LogP contribution is 2.39. The van der Waals surface area contributed by atoms with Gasteiger partial charge >= 0.3 is 6.03 Å². The van der Waals surface area contributed by atoms with Gasteiger partial charge in [-0.05, 0) is 50.2 Å². The zero-order chi connectivity index (χ0) is 16.7. The monoisotopic (exact) mass is 349 g/mol. The van der Waals surface area contributed by atoms with Gasteiger partial charge in [0.25, 0.3) is 0 Å². The second-order valence-electron chi connectivity index (χ2n) is 7.22. The minimum Gasteiger partial charge on any atom is -0.320 e. The number of nitrogens with one attached hydrogen (secondary N) is 1. The Labute approximate surface area is 142 Å². The molecule has 6 nitrogen and oxygen atoms in total. The lowest BCUT2D eigenvalue weighted by atomic mass is 10.2. The Morgan fingerprint density at radius 3 is 2.71 bits per heavy atom. The Morgan fingerprint density at radius 1 is 1.21 bits per heavy atom. The van der Waals surface area contributed by atoms with Crippen LogP contribution in [0.4, 0.5) is 10.6 Å². The molecule has 7 heteroatoms. The Morgan fingerprint density at radius 2 is 2.00 bits per heavy atom. The quantitative estimate of drug-likeness (QED) is 0.909. The number of amides is 2. The molecule has 1 atom stereocenters. The van der Waals surface area contributed by atoms with Crippen molar-refractivity contribution in [2.75, 3.05) is 23.4 Å². The molecule has 3 aliphatic rings. The molecule has 0 bridgehead atoms. The highest BCUT2D eigenvalue weighted by molar-refractivity contribution is 7.91. The van der Waals surface area contributed by atoms with Crippen molar-refractivity contribution in [1.29, 1.82) is 0 Å². The van der Waals surface area contributed by atoms with Crippen molar-refractivity contribution in [2.24, 2.45) is 5.92 Å². The molecule has 0 radical (unpaired) electrons. The highest BCUT2D eigenvalue weighted by Gasteiger charge is 2.41. The lowest BCUT2D eigenvalue weighted by Gasteiger charge is -2.29. The fraction of sp³-hybridized carbons (Fsp3) is 0.647. The normalized spacial score (nSPS) is 26.7. The summed E-state index contributed by atoms with van der Waals surface area (Å²) in [6.07, 6.45) is 4.86. The summed E-state index contributed by atoms with van der Waals surface area (Å²) in [5.74, 6) is 1.69. The smallest absolute Gasteiger partial charge is 0.320 e. The second kappa shape index (κ2) is 6.02. The van der Waals surface area contributed by atoms with E-state index < -0.39 is 9.84 Å². The van der Waals surface area contributed by atoms with E-state index in [2.05, 4.69) is 10.3 Å². The van der Waals surface area contributed by atoms with Crippen LogP contribution in [0.1, 0.15) is 43.7 Å². The Kier molecular flexibility index (Phi) is 3.98. The SMILES string of the molecule is O=C(Nc1cccc(C2CC2)n1)N1CCCS(=O)(=O)CC1C1CC1. The van der Waals surface area contributed by atoms with E-state index in [0.29, 0.717) is 30.6 Å². The third kappa shape index (κ3) is 3.55. The van der Waals surface area contributed by atoms with Crippen LogP contribution >= 0.6 is 0 Å². The lowest BCUT2D eigenvalue weighted by molar-refractivity contribution is 0.187. The van der Waals surface area contributed by atoms with Crippen molar-refractivity contribution in [2.45, 2.75) is 44.1 Å². The molecule has 2 saturated carbocycles. The molecule has 2 amide bonds. The number of pyridine rings is 1. The zero-order valence-electron chi connectivity index (χ0n) is 13.6. The summed E-state index contributed by atoms with van der Waals surface area (Å²) in [5.41, 5.74) is 1.03. The molecular weight excluding hydrogens is 326 g/mol. The number of aromatic nitrogens is 1. The third-order valence-electron chi connectivity index (χ3n) is 5.11. The first-order valence-electron chi connectivity index (χ1n) is 8.77. The molecule has 2 aliphatic carbocycles. The molecule has 1 unspecified atom stereocenters. The van der Waals surface area contributed by atoms with Gasteiger partial charge in [-0.15, -0.1) is 0 Å². The van der Waals surface area contributed by atoms with E-state index in [1.165, 1.54) is 0 Å². The maximum atomic E-state index is 12.8. The summed E-state index contributed by atoms with van der Waals surface area (Å²) in [6, 6.07) is 5.30. The van der Waals surface area contributed by atoms with Crippen LogP contribution in [-0.2, 0) is 9.84 Å². The molecular formula is C17H23N3O3S. The minimum absolute atomic E-state index is 0.0978. The minimum atomic E-state index is -3.06. The van der Waals surface area contributed by atoms with E-state index in [0.717, 1.165) is 31.4 Å². The van der Waals surface area contributed by atoms with Gasteiger partial charge in [-0.2, -0.15) is 0 Å². The topological polar surface area (TPSA) is 79.4 Å². The van der Waals surface area contributed by atoms with Crippen LogP contribution in [0.5, 0.6) is 0 Å². The summed E-state index contributed by atoms with van der Waals surface area (Å²) in [6.45, 7) is 0.495. The number of hydrogen-bond acceptors (Lipinski definition) is 4. The van der Waals surface area contributed by atoms with Gasteiger partial charge in [-0.25, -0.2) is 18.2 Å². The van der Waals surface area contributed by atoms with Crippen molar-refractivity contribution >= 4 is 21.7 Å². The van der Waals surface area contributed by atoms with Gasteiger partial charge in [0.2, 0.25) is 0 Å². The fourth-order valence-electron chi connectivity index (χ4n) is 3.49. The lowest BCUT2D eigenvalue weighted by Crippen LogP contribution is -2.46. The number of carbonyl (C=O) groups excluding carboxylic acids is 1. The first-order valence-corrected chi connectivity index (χ1v) is 10.6. The van der Waals surface area contributed by atoms with Crippen LogP contribution in [0.15, 0.2) is 18.2 Å². The van der Waals surface area contributed by atoms with Crippen LogP contribution in [0.25, 0.3) is 0 Å². The summed E-state index contributed by atoms with van der Waals surface area (Å²) in [5, 5.41) is 2.88. The van der Waals surface area contributed by atoms with Crippen LogP contribution < -0.4 is 5.32 Å². The first-order chi connectivity index (χ1) is 11.5. The number of hydrogen-bond donors (Lipinski definition) is 1. The molecule has 3 fully saturated rings. The molecule has 1 aromatic rings. The first kappa shape index (κ1) is 15.9. The molecule has 130 valence electrons. The molecule has 1 aromatic heterocycles. The van der Waals surface area contributed by atoms with Crippen LogP contribution in [0.2, 0.25) is 0 Å². The van der Waals surface area contributed by atoms with Gasteiger partial charge in [0, 0.05) is 18.2 Å². The molecule has 1 aliphatic heterocycles. The van der Waals surface area contributed by atoms with Crippen molar-refractivity contribution in [3.8, 4) is 0 Å². The number of nitrogens with zero attached hydrogens (tertiary/aromatic N) is 2. The number of urea groups is 1. The van der Waals surface area contributed by atoms with E-state index in [4.69, 9.17) is 0 Å². The fourth-order valence-corrected chi connectivity index (χ4v) is 5.19.